The predicted molar refractivity (Wildman–Crippen MR) is 82.6 cm³/mol. The summed E-state index contributed by atoms with van der Waals surface area (Å²) in [7, 11) is 0. The van der Waals surface area contributed by atoms with Gasteiger partial charge in [0.15, 0.2) is 0 Å². The standard InChI is InChI=1S/C11H4Br3N3O3/c12-5-1-2-7-15-8(11(14)16(7)10(5)13)9-6(17(18)19)3-4-20-9/h1-4H. The Kier molecular flexibility index (Phi) is 3.43. The number of aromatic nitrogens is 2. The molecule has 0 fully saturated rings. The summed E-state index contributed by atoms with van der Waals surface area (Å²) in [4.78, 5) is 14.8. The number of nitro groups is 1. The number of furan rings is 1. The third-order valence-corrected chi connectivity index (χ3v) is 5.36. The molecule has 3 rings (SSSR count). The van der Waals surface area contributed by atoms with E-state index in [1.165, 1.54) is 12.3 Å². The van der Waals surface area contributed by atoms with E-state index in [9.17, 15) is 10.1 Å². The summed E-state index contributed by atoms with van der Waals surface area (Å²) in [6.45, 7) is 0. The molecule has 0 bridgehead atoms. The highest BCUT2D eigenvalue weighted by Crippen LogP contribution is 2.38. The van der Waals surface area contributed by atoms with Crippen molar-refractivity contribution in [1.82, 2.24) is 9.38 Å². The average molecular weight is 466 g/mol. The second-order valence-electron chi connectivity index (χ2n) is 3.81. The maximum atomic E-state index is 11.0. The molecule has 102 valence electrons. The molecule has 0 saturated heterocycles. The molecule has 3 heterocycles. The van der Waals surface area contributed by atoms with E-state index in [0.29, 0.717) is 15.9 Å². The van der Waals surface area contributed by atoms with E-state index in [-0.39, 0.29) is 11.4 Å². The van der Waals surface area contributed by atoms with Gasteiger partial charge in [0.2, 0.25) is 5.76 Å². The smallest absolute Gasteiger partial charge is 0.317 e. The van der Waals surface area contributed by atoms with E-state index < -0.39 is 4.92 Å². The first-order valence-electron chi connectivity index (χ1n) is 5.25. The molecule has 0 aromatic carbocycles. The number of hydrogen-bond donors (Lipinski definition) is 0. The van der Waals surface area contributed by atoms with Crippen molar-refractivity contribution in [3.05, 3.63) is 48.3 Å². The van der Waals surface area contributed by atoms with Crippen molar-refractivity contribution in [2.24, 2.45) is 0 Å². The fourth-order valence-corrected chi connectivity index (χ4v) is 3.47. The van der Waals surface area contributed by atoms with Gasteiger partial charge in [-0.1, -0.05) is 0 Å². The van der Waals surface area contributed by atoms with Crippen molar-refractivity contribution in [3.8, 4) is 11.5 Å². The molecular formula is C11H4Br3N3O3. The first-order valence-corrected chi connectivity index (χ1v) is 7.63. The van der Waals surface area contributed by atoms with Crippen LogP contribution in [0.3, 0.4) is 0 Å². The highest BCUT2D eigenvalue weighted by Gasteiger charge is 2.25. The van der Waals surface area contributed by atoms with E-state index in [4.69, 9.17) is 4.42 Å². The van der Waals surface area contributed by atoms with Crippen LogP contribution in [0.5, 0.6) is 0 Å². The SMILES string of the molecule is O=[N+]([O-])c1ccoc1-c1nc2ccc(Br)c(Br)n2c1Br. The van der Waals surface area contributed by atoms with Crippen molar-refractivity contribution >= 4 is 59.1 Å². The summed E-state index contributed by atoms with van der Waals surface area (Å²) >= 11 is 10.2. The van der Waals surface area contributed by atoms with Crippen molar-refractivity contribution in [1.29, 1.82) is 0 Å². The minimum Gasteiger partial charge on any atom is -0.455 e. The summed E-state index contributed by atoms with van der Waals surface area (Å²) in [6.07, 6.45) is 1.27. The quantitative estimate of drug-likeness (QED) is 0.310. The minimum atomic E-state index is -0.500. The zero-order valence-corrected chi connectivity index (χ0v) is 14.3. The third kappa shape index (κ3) is 2.00. The van der Waals surface area contributed by atoms with E-state index in [1.807, 2.05) is 6.07 Å². The van der Waals surface area contributed by atoms with E-state index in [1.54, 1.807) is 10.5 Å². The van der Waals surface area contributed by atoms with Crippen LogP contribution < -0.4 is 0 Å². The molecular weight excluding hydrogens is 462 g/mol. The number of nitrogens with zero attached hydrogens (tertiary/aromatic N) is 3. The Balaban J connectivity index is 2.33. The number of pyridine rings is 1. The molecule has 0 saturated carbocycles. The lowest BCUT2D eigenvalue weighted by atomic mass is 10.3. The third-order valence-electron chi connectivity index (χ3n) is 2.68. The lowest BCUT2D eigenvalue weighted by molar-refractivity contribution is -0.384. The molecule has 0 aliphatic rings. The van der Waals surface area contributed by atoms with E-state index in [2.05, 4.69) is 52.8 Å². The maximum absolute atomic E-state index is 11.0. The summed E-state index contributed by atoms with van der Waals surface area (Å²) in [5.41, 5.74) is 0.887. The van der Waals surface area contributed by atoms with Crippen LogP contribution in [0.4, 0.5) is 5.69 Å². The summed E-state index contributed by atoms with van der Waals surface area (Å²) in [5, 5.41) is 11.0. The molecule has 6 nitrogen and oxygen atoms in total. The molecule has 3 aromatic rings. The molecule has 0 spiro atoms. The van der Waals surface area contributed by atoms with Gasteiger partial charge in [-0.2, -0.15) is 0 Å². The van der Waals surface area contributed by atoms with Crippen LogP contribution in [0.25, 0.3) is 17.1 Å². The minimum absolute atomic E-state index is 0.119. The summed E-state index contributed by atoms with van der Waals surface area (Å²) in [6, 6.07) is 4.92. The van der Waals surface area contributed by atoms with Crippen LogP contribution in [0.15, 0.2) is 42.6 Å². The first-order chi connectivity index (χ1) is 9.50. The molecule has 0 radical (unpaired) electrons. The Morgan fingerprint density at radius 1 is 1.20 bits per heavy atom. The Bertz CT molecular complexity index is 840. The van der Waals surface area contributed by atoms with Crippen LogP contribution in [0.2, 0.25) is 0 Å². The van der Waals surface area contributed by atoms with Gasteiger partial charge in [-0.15, -0.1) is 0 Å². The van der Waals surface area contributed by atoms with Crippen LogP contribution in [-0.4, -0.2) is 14.3 Å². The molecule has 9 heteroatoms. The second kappa shape index (κ2) is 4.97. The fourth-order valence-electron chi connectivity index (χ4n) is 1.81. The molecule has 0 unspecified atom stereocenters. The van der Waals surface area contributed by atoms with Gasteiger partial charge in [0.1, 0.15) is 20.5 Å². The lowest BCUT2D eigenvalue weighted by Gasteiger charge is -2.01. The number of halogens is 3. The molecule has 20 heavy (non-hydrogen) atoms. The van der Waals surface area contributed by atoms with E-state index in [0.717, 1.165) is 9.08 Å². The Morgan fingerprint density at radius 2 is 1.95 bits per heavy atom. The van der Waals surface area contributed by atoms with Crippen molar-refractivity contribution in [2.45, 2.75) is 0 Å². The zero-order chi connectivity index (χ0) is 14.4. The van der Waals surface area contributed by atoms with Crippen LogP contribution >= 0.6 is 47.8 Å². The molecule has 0 N–H and O–H groups in total. The van der Waals surface area contributed by atoms with Gasteiger partial charge in [0.25, 0.3) is 0 Å². The van der Waals surface area contributed by atoms with Crippen molar-refractivity contribution in [3.63, 3.8) is 0 Å². The van der Waals surface area contributed by atoms with Gasteiger partial charge in [-0.3, -0.25) is 14.5 Å². The number of fused-ring (bicyclic) bond motifs is 1. The van der Waals surface area contributed by atoms with Gasteiger partial charge in [0.05, 0.1) is 17.3 Å². The van der Waals surface area contributed by atoms with Crippen LogP contribution in [0.1, 0.15) is 0 Å². The van der Waals surface area contributed by atoms with Gasteiger partial charge in [0, 0.05) is 4.47 Å². The lowest BCUT2D eigenvalue weighted by Crippen LogP contribution is -1.89. The Labute approximate surface area is 137 Å². The second-order valence-corrected chi connectivity index (χ2v) is 6.17. The highest BCUT2D eigenvalue weighted by molar-refractivity contribution is 9.13. The Hall–Kier alpha value is -1.19. The fraction of sp³-hybridized carbons (Fsp3) is 0. The number of rotatable bonds is 2. The maximum Gasteiger partial charge on any atom is 0.317 e. The molecule has 3 aromatic heterocycles. The molecule has 0 atom stereocenters. The van der Waals surface area contributed by atoms with Gasteiger partial charge in [-0.25, -0.2) is 4.98 Å². The zero-order valence-electron chi connectivity index (χ0n) is 9.51. The molecule has 0 amide bonds. The first kappa shape index (κ1) is 13.8. The Morgan fingerprint density at radius 3 is 2.65 bits per heavy atom. The highest BCUT2D eigenvalue weighted by atomic mass is 79.9. The number of hydrogen-bond acceptors (Lipinski definition) is 4. The van der Waals surface area contributed by atoms with Crippen LogP contribution in [0, 0.1) is 10.1 Å². The molecule has 0 aliphatic heterocycles. The molecule has 0 aliphatic carbocycles. The van der Waals surface area contributed by atoms with Gasteiger partial charge >= 0.3 is 5.69 Å². The predicted octanol–water partition coefficient (Wildman–Crippen LogP) is 4.79. The normalized spacial score (nSPS) is 11.2. The summed E-state index contributed by atoms with van der Waals surface area (Å²) < 4.78 is 9.14. The monoisotopic (exact) mass is 463 g/mol. The summed E-state index contributed by atoms with van der Waals surface area (Å²) in [5.74, 6) is 0.119. The average Bonchev–Trinajstić information content (AvgIpc) is 2.99. The largest absolute Gasteiger partial charge is 0.455 e. The van der Waals surface area contributed by atoms with Gasteiger partial charge in [-0.05, 0) is 59.9 Å². The van der Waals surface area contributed by atoms with Gasteiger partial charge < -0.3 is 4.42 Å². The van der Waals surface area contributed by atoms with E-state index >= 15 is 0 Å². The van der Waals surface area contributed by atoms with Crippen molar-refractivity contribution < 1.29 is 9.34 Å². The van der Waals surface area contributed by atoms with Crippen LogP contribution in [-0.2, 0) is 0 Å². The van der Waals surface area contributed by atoms with Crippen molar-refractivity contribution in [2.75, 3.05) is 0 Å². The number of imidazole rings is 1. The topological polar surface area (TPSA) is 73.6 Å².